The Labute approximate surface area is 275 Å². The van der Waals surface area contributed by atoms with E-state index in [1.54, 1.807) is 24.3 Å². The predicted octanol–water partition coefficient (Wildman–Crippen LogP) is 8.90. The summed E-state index contributed by atoms with van der Waals surface area (Å²) in [6.45, 7) is 5.92. The van der Waals surface area contributed by atoms with Crippen LogP contribution in [0.1, 0.15) is 72.4 Å². The van der Waals surface area contributed by atoms with Crippen molar-refractivity contribution >= 4 is 48.2 Å². The van der Waals surface area contributed by atoms with Crippen LogP contribution >= 0.6 is 11.3 Å². The van der Waals surface area contributed by atoms with Crippen LogP contribution in [-0.4, -0.2) is 35.0 Å². The highest BCUT2D eigenvalue weighted by atomic mass is 32.2. The molecule has 0 saturated heterocycles. The lowest BCUT2D eigenvalue weighted by atomic mass is 9.77. The maximum Gasteiger partial charge on any atom is 0.196 e. The molecule has 0 amide bonds. The lowest BCUT2D eigenvalue weighted by Crippen LogP contribution is -2.20. The van der Waals surface area contributed by atoms with Gasteiger partial charge < -0.3 is 4.42 Å². The maximum atomic E-state index is 14.6. The van der Waals surface area contributed by atoms with Crippen LogP contribution in [0.2, 0.25) is 0 Å². The summed E-state index contributed by atoms with van der Waals surface area (Å²) in [5, 5.41) is 0.615. The van der Waals surface area contributed by atoms with E-state index in [0.717, 1.165) is 50.0 Å². The molecule has 0 aliphatic heterocycles. The van der Waals surface area contributed by atoms with Gasteiger partial charge in [0.15, 0.2) is 26.6 Å². The van der Waals surface area contributed by atoms with Crippen LogP contribution in [-0.2, 0) is 14.6 Å². The number of furan rings is 1. The fraction of sp³-hybridized carbons (Fsp3) is 0.306. The van der Waals surface area contributed by atoms with E-state index in [1.165, 1.54) is 23.7 Å². The topological polar surface area (TPSA) is 95.1 Å². The smallest absolute Gasteiger partial charge is 0.196 e. The average molecular weight is 674 g/mol. The van der Waals surface area contributed by atoms with Crippen LogP contribution in [0, 0.1) is 32.4 Å². The number of aryl methyl sites for hydroxylation is 2. The Morgan fingerprint density at radius 3 is 2.40 bits per heavy atom. The Balaban J connectivity index is 1.47. The SMILES string of the molecule is Cc1oc(C)c(-c2ccc3c(c2)nc([C@@H]2CCCC(=O)CCC2c2ccc(F)c(F)c2)n3-c2nc3cc(S(C)(=O)=O)ccc3s2)c1C. The van der Waals surface area contributed by atoms with Crippen molar-refractivity contribution in [3.05, 3.63) is 94.7 Å². The zero-order valence-electron chi connectivity index (χ0n) is 26.4. The second-order valence-electron chi connectivity index (χ2n) is 12.5. The monoisotopic (exact) mass is 673 g/mol. The Bertz CT molecular complexity index is 2320. The predicted molar refractivity (Wildman–Crippen MR) is 179 cm³/mol. The molecule has 0 spiro atoms. The Hall–Kier alpha value is -4.22. The highest BCUT2D eigenvalue weighted by Crippen LogP contribution is 2.45. The normalized spacial score (nSPS) is 17.8. The van der Waals surface area contributed by atoms with Crippen LogP contribution in [0.25, 0.3) is 37.5 Å². The van der Waals surface area contributed by atoms with Crippen molar-refractivity contribution in [3.8, 4) is 16.3 Å². The molecule has 0 bridgehead atoms. The molecule has 7 nitrogen and oxygen atoms in total. The molecular weight excluding hydrogens is 641 g/mol. The molecule has 0 radical (unpaired) electrons. The van der Waals surface area contributed by atoms with Crippen molar-refractivity contribution in [3.63, 3.8) is 0 Å². The summed E-state index contributed by atoms with van der Waals surface area (Å²) in [6.07, 6.45) is 3.64. The summed E-state index contributed by atoms with van der Waals surface area (Å²) in [6, 6.07) is 15.0. The largest absolute Gasteiger partial charge is 0.466 e. The molecule has 7 rings (SSSR count). The van der Waals surface area contributed by atoms with E-state index < -0.39 is 21.5 Å². The number of sulfone groups is 1. The van der Waals surface area contributed by atoms with E-state index in [-0.39, 0.29) is 22.5 Å². The first-order valence-corrected chi connectivity index (χ1v) is 18.3. The fourth-order valence-electron chi connectivity index (χ4n) is 6.96. The number of aromatic nitrogens is 3. The molecule has 47 heavy (non-hydrogen) atoms. The van der Waals surface area contributed by atoms with Gasteiger partial charge in [-0.3, -0.25) is 9.36 Å². The number of nitrogens with zero attached hydrogens (tertiary/aromatic N) is 3. The van der Waals surface area contributed by atoms with Gasteiger partial charge in [-0.1, -0.05) is 23.5 Å². The van der Waals surface area contributed by atoms with E-state index in [9.17, 15) is 22.0 Å². The molecule has 3 heterocycles. The van der Waals surface area contributed by atoms with Crippen LogP contribution in [0.3, 0.4) is 0 Å². The summed E-state index contributed by atoms with van der Waals surface area (Å²) in [5.41, 5.74) is 5.73. The van der Waals surface area contributed by atoms with Crippen molar-refractivity contribution < 1.29 is 26.4 Å². The Kier molecular flexibility index (Phi) is 7.87. The number of carbonyl (C=O) groups is 1. The number of ketones is 1. The Morgan fingerprint density at radius 1 is 0.872 bits per heavy atom. The van der Waals surface area contributed by atoms with Gasteiger partial charge in [0.2, 0.25) is 0 Å². The van der Waals surface area contributed by atoms with E-state index in [0.29, 0.717) is 54.1 Å². The molecule has 1 aliphatic rings. The third kappa shape index (κ3) is 5.69. The molecule has 0 N–H and O–H groups in total. The number of benzene rings is 3. The zero-order valence-corrected chi connectivity index (χ0v) is 28.1. The minimum Gasteiger partial charge on any atom is -0.466 e. The highest BCUT2D eigenvalue weighted by Gasteiger charge is 2.33. The van der Waals surface area contributed by atoms with Gasteiger partial charge in [-0.15, -0.1) is 0 Å². The van der Waals surface area contributed by atoms with Crippen molar-refractivity contribution in [1.29, 1.82) is 0 Å². The van der Waals surface area contributed by atoms with Gasteiger partial charge in [-0.25, -0.2) is 27.2 Å². The number of thiazole rings is 1. The van der Waals surface area contributed by atoms with Crippen LogP contribution < -0.4 is 0 Å². The molecule has 1 fully saturated rings. The van der Waals surface area contributed by atoms with Crippen LogP contribution in [0.5, 0.6) is 0 Å². The number of hydrogen-bond donors (Lipinski definition) is 0. The summed E-state index contributed by atoms with van der Waals surface area (Å²) in [7, 11) is -3.44. The molecule has 1 saturated carbocycles. The maximum absolute atomic E-state index is 14.6. The molecule has 242 valence electrons. The number of fused-ring (bicyclic) bond motifs is 2. The fourth-order valence-corrected chi connectivity index (χ4v) is 8.57. The van der Waals surface area contributed by atoms with Crippen molar-refractivity contribution in [2.75, 3.05) is 6.26 Å². The molecular formula is C36H33F2N3O4S2. The van der Waals surface area contributed by atoms with Crippen molar-refractivity contribution in [2.45, 2.75) is 69.6 Å². The number of halogens is 2. The van der Waals surface area contributed by atoms with Crippen LogP contribution in [0.4, 0.5) is 8.78 Å². The van der Waals surface area contributed by atoms with E-state index >= 15 is 0 Å². The second kappa shape index (κ2) is 11.8. The average Bonchev–Trinajstić information content (AvgIpc) is 3.67. The number of carbonyl (C=O) groups excluding carboxylic acids is 1. The number of hydrogen-bond acceptors (Lipinski definition) is 7. The van der Waals surface area contributed by atoms with Gasteiger partial charge in [-0.05, 0) is 105 Å². The first kappa shape index (κ1) is 31.4. The molecule has 11 heteroatoms. The summed E-state index contributed by atoms with van der Waals surface area (Å²) >= 11 is 1.43. The lowest BCUT2D eigenvalue weighted by Gasteiger charge is -2.29. The number of imidazole rings is 1. The second-order valence-corrected chi connectivity index (χ2v) is 15.5. The lowest BCUT2D eigenvalue weighted by molar-refractivity contribution is -0.119. The van der Waals surface area contributed by atoms with E-state index in [2.05, 4.69) is 0 Å². The van der Waals surface area contributed by atoms with Gasteiger partial charge in [-0.2, -0.15) is 0 Å². The molecule has 6 aromatic rings. The first-order chi connectivity index (χ1) is 22.4. The minimum atomic E-state index is -3.44. The van der Waals surface area contributed by atoms with Gasteiger partial charge in [0, 0.05) is 30.6 Å². The Morgan fingerprint density at radius 2 is 1.68 bits per heavy atom. The molecule has 1 unspecified atom stereocenters. The third-order valence-corrected chi connectivity index (χ3v) is 11.5. The van der Waals surface area contributed by atoms with Gasteiger partial charge >= 0.3 is 0 Å². The molecule has 2 atom stereocenters. The molecule has 3 aromatic carbocycles. The van der Waals surface area contributed by atoms with Crippen molar-refractivity contribution in [2.24, 2.45) is 0 Å². The quantitative estimate of drug-likeness (QED) is 0.181. The number of rotatable bonds is 5. The molecule has 3 aromatic heterocycles. The van der Waals surface area contributed by atoms with Crippen LogP contribution in [0.15, 0.2) is 63.9 Å². The zero-order chi connectivity index (χ0) is 33.2. The van der Waals surface area contributed by atoms with E-state index in [4.69, 9.17) is 14.4 Å². The third-order valence-electron chi connectivity index (χ3n) is 9.39. The first-order valence-electron chi connectivity index (χ1n) is 15.6. The van der Waals surface area contributed by atoms with Gasteiger partial charge in [0.25, 0.3) is 0 Å². The number of Topliss-reactive ketones (excluding diaryl/α,β-unsaturated/α-hetero) is 1. The van der Waals surface area contributed by atoms with Gasteiger partial charge in [0.05, 0.1) is 26.1 Å². The highest BCUT2D eigenvalue weighted by molar-refractivity contribution is 7.90. The summed E-state index contributed by atoms with van der Waals surface area (Å²) in [5.74, 6) is 0.124. The minimum absolute atomic E-state index is 0.156. The summed E-state index contributed by atoms with van der Waals surface area (Å²) < 4.78 is 62.1. The van der Waals surface area contributed by atoms with E-state index in [1.807, 2.05) is 43.5 Å². The van der Waals surface area contributed by atoms with Gasteiger partial charge in [0.1, 0.15) is 23.1 Å². The molecule has 1 aliphatic carbocycles. The summed E-state index contributed by atoms with van der Waals surface area (Å²) in [4.78, 5) is 23.0. The standard InChI is InChI=1S/C36H33F2N3O4S2/c1-19-20(2)45-21(3)34(19)23-9-14-32-30(17-23)39-35(41(32)36-40-31-18-25(47(4,43)44)11-15-33(31)46-36)27-7-5-6-24(42)10-12-26(27)22-8-13-28(37)29(38)16-22/h8-9,11,13-18,26-27H,5-7,10,12H2,1-4H3/t26?,27-/m1/s1. The van der Waals surface area contributed by atoms with Crippen molar-refractivity contribution in [1.82, 2.24) is 14.5 Å².